The molecule has 0 aliphatic heterocycles. The number of benzene rings is 1. The molecule has 0 spiro atoms. The number of rotatable bonds is 4. The Morgan fingerprint density at radius 1 is 1.25 bits per heavy atom. The number of carbonyl (C=O) groups is 1. The number of aromatic nitrogens is 1. The molecule has 0 fully saturated rings. The van der Waals surface area contributed by atoms with Gasteiger partial charge in [-0.3, -0.25) is 4.79 Å². The molecule has 0 saturated carbocycles. The van der Waals surface area contributed by atoms with Gasteiger partial charge in [0.2, 0.25) is 5.88 Å². The standard InChI is InChI=1S/C15H15BrN2O2/c1-18(10-11-3-6-13(16)7-4-11)15(19)12-5-8-14(20-2)17-9-12/h3-9H,10H2,1-2H3. The van der Waals surface area contributed by atoms with E-state index >= 15 is 0 Å². The average molecular weight is 335 g/mol. The molecule has 2 aromatic rings. The van der Waals surface area contributed by atoms with Crippen molar-refractivity contribution in [1.82, 2.24) is 9.88 Å². The van der Waals surface area contributed by atoms with Crippen molar-refractivity contribution in [1.29, 1.82) is 0 Å². The van der Waals surface area contributed by atoms with Gasteiger partial charge in [0.15, 0.2) is 0 Å². The zero-order chi connectivity index (χ0) is 14.5. The topological polar surface area (TPSA) is 42.4 Å². The Bertz CT molecular complexity index is 582. The highest BCUT2D eigenvalue weighted by atomic mass is 79.9. The van der Waals surface area contributed by atoms with Crippen LogP contribution in [0.5, 0.6) is 5.88 Å². The van der Waals surface area contributed by atoms with Crippen LogP contribution in [0.15, 0.2) is 47.1 Å². The van der Waals surface area contributed by atoms with Crippen molar-refractivity contribution in [3.8, 4) is 5.88 Å². The van der Waals surface area contributed by atoms with Gasteiger partial charge < -0.3 is 9.64 Å². The average Bonchev–Trinajstić information content (AvgIpc) is 2.49. The molecule has 0 saturated heterocycles. The van der Waals surface area contributed by atoms with E-state index in [1.165, 1.54) is 6.20 Å². The summed E-state index contributed by atoms with van der Waals surface area (Å²) in [5.41, 5.74) is 1.62. The highest BCUT2D eigenvalue weighted by Gasteiger charge is 2.12. The largest absolute Gasteiger partial charge is 0.481 e. The highest BCUT2D eigenvalue weighted by Crippen LogP contribution is 2.14. The molecule has 4 nitrogen and oxygen atoms in total. The lowest BCUT2D eigenvalue weighted by molar-refractivity contribution is 0.0784. The molecular formula is C15H15BrN2O2. The first kappa shape index (κ1) is 14.5. The molecular weight excluding hydrogens is 320 g/mol. The number of ether oxygens (including phenoxy) is 1. The summed E-state index contributed by atoms with van der Waals surface area (Å²) in [6.45, 7) is 0.554. The van der Waals surface area contributed by atoms with Crippen LogP contribution >= 0.6 is 15.9 Å². The Hall–Kier alpha value is -1.88. The fraction of sp³-hybridized carbons (Fsp3) is 0.200. The van der Waals surface area contributed by atoms with Gasteiger partial charge >= 0.3 is 0 Å². The molecule has 0 N–H and O–H groups in total. The van der Waals surface area contributed by atoms with Crippen LogP contribution in [0.4, 0.5) is 0 Å². The molecule has 104 valence electrons. The lowest BCUT2D eigenvalue weighted by Crippen LogP contribution is -2.26. The number of amides is 1. The van der Waals surface area contributed by atoms with Gasteiger partial charge in [0.05, 0.1) is 12.7 Å². The van der Waals surface area contributed by atoms with Crippen LogP contribution < -0.4 is 4.74 Å². The minimum absolute atomic E-state index is 0.0666. The van der Waals surface area contributed by atoms with Gasteiger partial charge in [-0.25, -0.2) is 4.98 Å². The van der Waals surface area contributed by atoms with Gasteiger partial charge in [0.25, 0.3) is 5.91 Å². The van der Waals surface area contributed by atoms with Crippen molar-refractivity contribution >= 4 is 21.8 Å². The molecule has 5 heteroatoms. The smallest absolute Gasteiger partial charge is 0.255 e. The second-order valence-corrected chi connectivity index (χ2v) is 5.29. The maximum absolute atomic E-state index is 12.3. The number of hydrogen-bond acceptors (Lipinski definition) is 3. The second kappa shape index (κ2) is 6.52. The summed E-state index contributed by atoms with van der Waals surface area (Å²) in [7, 11) is 3.32. The van der Waals surface area contributed by atoms with Gasteiger partial charge in [0, 0.05) is 30.3 Å². The van der Waals surface area contributed by atoms with Gasteiger partial charge in [-0.05, 0) is 23.8 Å². The highest BCUT2D eigenvalue weighted by molar-refractivity contribution is 9.10. The lowest BCUT2D eigenvalue weighted by Gasteiger charge is -2.17. The summed E-state index contributed by atoms with van der Waals surface area (Å²) < 4.78 is 6.00. The number of pyridine rings is 1. The maximum Gasteiger partial charge on any atom is 0.255 e. The molecule has 1 amide bonds. The fourth-order valence-corrected chi connectivity index (χ4v) is 2.05. The number of hydrogen-bond donors (Lipinski definition) is 0. The number of carbonyl (C=O) groups excluding carboxylic acids is 1. The predicted molar refractivity (Wildman–Crippen MR) is 80.7 cm³/mol. The third-order valence-corrected chi connectivity index (χ3v) is 3.40. The summed E-state index contributed by atoms with van der Waals surface area (Å²) in [6, 6.07) is 11.3. The Labute approximate surface area is 126 Å². The summed E-state index contributed by atoms with van der Waals surface area (Å²) in [6.07, 6.45) is 1.53. The summed E-state index contributed by atoms with van der Waals surface area (Å²) in [5.74, 6) is 0.431. The van der Waals surface area contributed by atoms with Crippen LogP contribution in [0.25, 0.3) is 0 Å². The molecule has 0 bridgehead atoms. The lowest BCUT2D eigenvalue weighted by atomic mass is 10.2. The molecule has 0 radical (unpaired) electrons. The van der Waals surface area contributed by atoms with E-state index in [2.05, 4.69) is 20.9 Å². The third-order valence-electron chi connectivity index (χ3n) is 2.87. The predicted octanol–water partition coefficient (Wildman–Crippen LogP) is 3.12. The quantitative estimate of drug-likeness (QED) is 0.862. The first-order valence-corrected chi connectivity index (χ1v) is 6.89. The Morgan fingerprint density at radius 2 is 1.95 bits per heavy atom. The van der Waals surface area contributed by atoms with E-state index in [0.717, 1.165) is 10.0 Å². The minimum atomic E-state index is -0.0666. The molecule has 1 heterocycles. The molecule has 0 aliphatic rings. The van der Waals surface area contributed by atoms with Crippen molar-refractivity contribution in [3.05, 3.63) is 58.2 Å². The molecule has 2 rings (SSSR count). The van der Waals surface area contributed by atoms with Crippen LogP contribution in [-0.4, -0.2) is 29.9 Å². The second-order valence-electron chi connectivity index (χ2n) is 4.38. The molecule has 0 aliphatic carbocycles. The van der Waals surface area contributed by atoms with Crippen molar-refractivity contribution in [2.75, 3.05) is 14.2 Å². The Morgan fingerprint density at radius 3 is 2.50 bits per heavy atom. The van der Waals surface area contributed by atoms with Crippen molar-refractivity contribution in [2.24, 2.45) is 0 Å². The molecule has 0 atom stereocenters. The van der Waals surface area contributed by atoms with Crippen molar-refractivity contribution < 1.29 is 9.53 Å². The maximum atomic E-state index is 12.3. The van der Waals surface area contributed by atoms with Crippen molar-refractivity contribution in [2.45, 2.75) is 6.54 Å². The van der Waals surface area contributed by atoms with E-state index in [4.69, 9.17) is 4.74 Å². The molecule has 20 heavy (non-hydrogen) atoms. The van der Waals surface area contributed by atoms with E-state index < -0.39 is 0 Å². The van der Waals surface area contributed by atoms with E-state index in [9.17, 15) is 4.79 Å². The van der Waals surface area contributed by atoms with Gasteiger partial charge in [-0.2, -0.15) is 0 Å². The number of halogens is 1. The normalized spacial score (nSPS) is 10.2. The SMILES string of the molecule is COc1ccc(C(=O)N(C)Cc2ccc(Br)cc2)cn1. The van der Waals surface area contributed by atoms with Crippen LogP contribution in [0.1, 0.15) is 15.9 Å². The van der Waals surface area contributed by atoms with Crippen LogP contribution in [0.3, 0.4) is 0 Å². The van der Waals surface area contributed by atoms with E-state index in [1.54, 1.807) is 31.2 Å². The van der Waals surface area contributed by atoms with Crippen LogP contribution in [0.2, 0.25) is 0 Å². The summed E-state index contributed by atoms with van der Waals surface area (Å²) in [4.78, 5) is 18.0. The Balaban J connectivity index is 2.05. The summed E-state index contributed by atoms with van der Waals surface area (Å²) >= 11 is 3.39. The fourth-order valence-electron chi connectivity index (χ4n) is 1.78. The van der Waals surface area contributed by atoms with E-state index in [0.29, 0.717) is 18.0 Å². The number of nitrogens with zero attached hydrogens (tertiary/aromatic N) is 2. The van der Waals surface area contributed by atoms with E-state index in [1.807, 2.05) is 24.3 Å². The molecule has 1 aromatic heterocycles. The molecule has 1 aromatic carbocycles. The van der Waals surface area contributed by atoms with E-state index in [-0.39, 0.29) is 5.91 Å². The van der Waals surface area contributed by atoms with Crippen LogP contribution in [0, 0.1) is 0 Å². The zero-order valence-electron chi connectivity index (χ0n) is 11.3. The minimum Gasteiger partial charge on any atom is -0.481 e. The van der Waals surface area contributed by atoms with Gasteiger partial charge in [0.1, 0.15) is 0 Å². The first-order valence-electron chi connectivity index (χ1n) is 6.10. The zero-order valence-corrected chi connectivity index (χ0v) is 12.9. The monoisotopic (exact) mass is 334 g/mol. The first-order chi connectivity index (χ1) is 9.60. The molecule has 0 unspecified atom stereocenters. The number of methoxy groups -OCH3 is 1. The van der Waals surface area contributed by atoms with Crippen molar-refractivity contribution in [3.63, 3.8) is 0 Å². The summed E-state index contributed by atoms with van der Waals surface area (Å²) in [5, 5.41) is 0. The van der Waals surface area contributed by atoms with Crippen LogP contribution in [-0.2, 0) is 6.54 Å². The third kappa shape index (κ3) is 3.57. The van der Waals surface area contributed by atoms with Gasteiger partial charge in [-0.1, -0.05) is 28.1 Å². The Kier molecular flexibility index (Phi) is 4.74. The van der Waals surface area contributed by atoms with Gasteiger partial charge in [-0.15, -0.1) is 0 Å².